The molecule has 1 aromatic carbocycles. The lowest BCUT2D eigenvalue weighted by atomic mass is 10.2. The summed E-state index contributed by atoms with van der Waals surface area (Å²) in [5, 5.41) is 7.87. The number of benzene rings is 1. The molecule has 1 atom stereocenters. The molecular formula is C15H14N4O2S. The molecule has 22 heavy (non-hydrogen) atoms. The van der Waals surface area contributed by atoms with Gasteiger partial charge in [-0.1, -0.05) is 35.1 Å². The minimum atomic E-state index is -0.324. The minimum absolute atomic E-state index is 0.152. The van der Waals surface area contributed by atoms with E-state index in [-0.39, 0.29) is 11.2 Å². The second kappa shape index (κ2) is 6.15. The van der Waals surface area contributed by atoms with Crippen LogP contribution in [0.5, 0.6) is 0 Å². The van der Waals surface area contributed by atoms with Crippen LogP contribution in [0.25, 0.3) is 10.9 Å². The highest BCUT2D eigenvalue weighted by atomic mass is 32.2. The molecule has 3 rings (SSSR count). The number of aryl methyl sites for hydroxylation is 1. The lowest BCUT2D eigenvalue weighted by Gasteiger charge is -2.11. The third kappa shape index (κ3) is 3.09. The van der Waals surface area contributed by atoms with Gasteiger partial charge in [0.15, 0.2) is 5.82 Å². The second-order valence-electron chi connectivity index (χ2n) is 4.77. The summed E-state index contributed by atoms with van der Waals surface area (Å²) in [6, 6.07) is 9.40. The molecule has 0 saturated heterocycles. The van der Waals surface area contributed by atoms with Crippen molar-refractivity contribution in [2.24, 2.45) is 0 Å². The summed E-state index contributed by atoms with van der Waals surface area (Å²) >= 11 is 1.39. The van der Waals surface area contributed by atoms with Gasteiger partial charge in [-0.25, -0.2) is 9.97 Å². The van der Waals surface area contributed by atoms with Crippen LogP contribution in [0, 0.1) is 6.92 Å². The van der Waals surface area contributed by atoms with Crippen molar-refractivity contribution in [1.29, 1.82) is 0 Å². The molecule has 0 aliphatic rings. The van der Waals surface area contributed by atoms with Crippen LogP contribution in [0.1, 0.15) is 12.7 Å². The zero-order valence-electron chi connectivity index (χ0n) is 12.1. The highest BCUT2D eigenvalue weighted by molar-refractivity contribution is 8.00. The van der Waals surface area contributed by atoms with E-state index in [0.717, 1.165) is 15.9 Å². The molecule has 1 N–H and O–H groups in total. The first-order chi connectivity index (χ1) is 10.6. The van der Waals surface area contributed by atoms with Crippen molar-refractivity contribution in [2.45, 2.75) is 24.1 Å². The van der Waals surface area contributed by atoms with Crippen LogP contribution in [0.3, 0.4) is 0 Å². The Morgan fingerprint density at radius 1 is 1.32 bits per heavy atom. The average Bonchev–Trinajstić information content (AvgIpc) is 2.92. The smallest absolute Gasteiger partial charge is 0.238 e. The van der Waals surface area contributed by atoms with Crippen LogP contribution in [-0.4, -0.2) is 26.3 Å². The summed E-state index contributed by atoms with van der Waals surface area (Å²) in [6.45, 7) is 3.59. The number of para-hydroxylation sites is 1. The van der Waals surface area contributed by atoms with Crippen LogP contribution >= 0.6 is 11.8 Å². The Morgan fingerprint density at radius 3 is 2.91 bits per heavy atom. The summed E-state index contributed by atoms with van der Waals surface area (Å²) in [7, 11) is 0. The molecule has 0 radical (unpaired) electrons. The normalized spacial score (nSPS) is 12.3. The van der Waals surface area contributed by atoms with E-state index in [4.69, 9.17) is 4.52 Å². The van der Waals surface area contributed by atoms with Gasteiger partial charge in [0.2, 0.25) is 5.91 Å². The van der Waals surface area contributed by atoms with Gasteiger partial charge >= 0.3 is 0 Å². The quantitative estimate of drug-likeness (QED) is 0.589. The molecule has 0 saturated carbocycles. The number of carbonyl (C=O) groups excluding carboxylic acids is 1. The largest absolute Gasteiger partial charge is 0.360 e. The summed E-state index contributed by atoms with van der Waals surface area (Å²) in [4.78, 5) is 20.7. The van der Waals surface area contributed by atoms with Gasteiger partial charge in [0, 0.05) is 11.5 Å². The van der Waals surface area contributed by atoms with E-state index in [1.807, 2.05) is 31.2 Å². The Bertz CT molecular complexity index is 813. The van der Waals surface area contributed by atoms with Crippen LogP contribution in [0.4, 0.5) is 5.82 Å². The predicted molar refractivity (Wildman–Crippen MR) is 84.7 cm³/mol. The fourth-order valence-corrected chi connectivity index (χ4v) is 2.86. The van der Waals surface area contributed by atoms with Crippen LogP contribution < -0.4 is 5.32 Å². The van der Waals surface area contributed by atoms with Gasteiger partial charge in [-0.05, 0) is 19.9 Å². The third-order valence-corrected chi connectivity index (χ3v) is 4.16. The molecule has 0 bridgehead atoms. The molecule has 2 heterocycles. The van der Waals surface area contributed by atoms with Gasteiger partial charge in [0.05, 0.1) is 10.8 Å². The number of hydrogen-bond donors (Lipinski definition) is 1. The van der Waals surface area contributed by atoms with Crippen LogP contribution in [-0.2, 0) is 4.79 Å². The first-order valence-corrected chi connectivity index (χ1v) is 7.62. The Kier molecular flexibility index (Phi) is 4.06. The van der Waals surface area contributed by atoms with Crippen molar-refractivity contribution in [2.75, 3.05) is 5.32 Å². The molecule has 6 nitrogen and oxygen atoms in total. The van der Waals surface area contributed by atoms with Crippen molar-refractivity contribution in [3.05, 3.63) is 42.4 Å². The number of hydrogen-bond acceptors (Lipinski definition) is 6. The van der Waals surface area contributed by atoms with Crippen molar-refractivity contribution in [3.8, 4) is 0 Å². The maximum absolute atomic E-state index is 12.2. The highest BCUT2D eigenvalue weighted by Gasteiger charge is 2.18. The number of rotatable bonds is 4. The number of nitrogens with one attached hydrogen (secondary N) is 1. The number of nitrogens with zero attached hydrogens (tertiary/aromatic N) is 3. The maximum Gasteiger partial charge on any atom is 0.238 e. The van der Waals surface area contributed by atoms with E-state index in [1.54, 1.807) is 13.0 Å². The van der Waals surface area contributed by atoms with E-state index in [0.29, 0.717) is 11.6 Å². The second-order valence-corrected chi connectivity index (χ2v) is 6.10. The molecule has 1 amide bonds. The number of thioether (sulfide) groups is 1. The monoisotopic (exact) mass is 314 g/mol. The fraction of sp³-hybridized carbons (Fsp3) is 0.200. The SMILES string of the molecule is Cc1cc(NC(=O)C(C)Sc2ncnc3ccccc23)no1. The van der Waals surface area contributed by atoms with Gasteiger partial charge < -0.3 is 9.84 Å². The summed E-state index contributed by atoms with van der Waals surface area (Å²) in [6.07, 6.45) is 1.51. The number of carbonyl (C=O) groups is 1. The molecule has 7 heteroatoms. The zero-order valence-corrected chi connectivity index (χ0v) is 12.9. The Balaban J connectivity index is 1.75. The van der Waals surface area contributed by atoms with E-state index in [9.17, 15) is 4.79 Å². The molecule has 1 unspecified atom stereocenters. The average molecular weight is 314 g/mol. The van der Waals surface area contributed by atoms with E-state index >= 15 is 0 Å². The molecule has 112 valence electrons. The number of aromatic nitrogens is 3. The molecule has 0 aliphatic heterocycles. The third-order valence-electron chi connectivity index (χ3n) is 3.04. The van der Waals surface area contributed by atoms with Crippen molar-refractivity contribution >= 4 is 34.4 Å². The van der Waals surface area contributed by atoms with E-state index in [2.05, 4.69) is 20.4 Å². The molecule has 3 aromatic rings. The lowest BCUT2D eigenvalue weighted by molar-refractivity contribution is -0.115. The predicted octanol–water partition coefficient (Wildman–Crippen LogP) is 3.05. The first-order valence-electron chi connectivity index (χ1n) is 6.74. The summed E-state index contributed by atoms with van der Waals surface area (Å²) in [5.74, 6) is 0.917. The lowest BCUT2D eigenvalue weighted by Crippen LogP contribution is -2.22. The Morgan fingerprint density at radius 2 is 2.14 bits per heavy atom. The van der Waals surface area contributed by atoms with Crippen molar-refractivity contribution in [3.63, 3.8) is 0 Å². The maximum atomic E-state index is 12.2. The summed E-state index contributed by atoms with van der Waals surface area (Å²) < 4.78 is 4.93. The topological polar surface area (TPSA) is 80.9 Å². The van der Waals surface area contributed by atoms with Crippen LogP contribution in [0.2, 0.25) is 0 Å². The molecule has 2 aromatic heterocycles. The molecule has 0 aliphatic carbocycles. The summed E-state index contributed by atoms with van der Waals surface area (Å²) in [5.41, 5.74) is 0.861. The van der Waals surface area contributed by atoms with Crippen molar-refractivity contribution < 1.29 is 9.32 Å². The Hall–Kier alpha value is -2.41. The van der Waals surface area contributed by atoms with Gasteiger partial charge in [-0.15, -0.1) is 0 Å². The number of fused-ring (bicyclic) bond motifs is 1. The van der Waals surface area contributed by atoms with Crippen molar-refractivity contribution in [1.82, 2.24) is 15.1 Å². The number of anilines is 1. The molecular weight excluding hydrogens is 300 g/mol. The minimum Gasteiger partial charge on any atom is -0.360 e. The molecule has 0 spiro atoms. The van der Waals surface area contributed by atoms with Gasteiger partial charge in [-0.3, -0.25) is 4.79 Å². The highest BCUT2D eigenvalue weighted by Crippen LogP contribution is 2.28. The molecule has 0 fully saturated rings. The Labute approximate surface area is 131 Å². The number of amides is 1. The van der Waals surface area contributed by atoms with Gasteiger partial charge in [-0.2, -0.15) is 0 Å². The fourth-order valence-electron chi connectivity index (χ4n) is 1.95. The zero-order chi connectivity index (χ0) is 15.5. The van der Waals surface area contributed by atoms with E-state index in [1.165, 1.54) is 18.1 Å². The van der Waals surface area contributed by atoms with Crippen LogP contribution in [0.15, 0.2) is 46.2 Å². The van der Waals surface area contributed by atoms with E-state index < -0.39 is 0 Å². The first kappa shape index (κ1) is 14.5. The van der Waals surface area contributed by atoms with Gasteiger partial charge in [0.25, 0.3) is 0 Å². The standard InChI is InChI=1S/C15H14N4O2S/c1-9-7-13(19-21-9)18-14(20)10(2)22-15-11-5-3-4-6-12(11)16-8-17-15/h3-8,10H,1-2H3,(H,18,19,20). The van der Waals surface area contributed by atoms with Gasteiger partial charge in [0.1, 0.15) is 17.1 Å².